The van der Waals surface area contributed by atoms with Crippen molar-refractivity contribution in [2.45, 2.75) is 20.8 Å². The third-order valence-corrected chi connectivity index (χ3v) is 3.11. The standard InChI is InChI=1S/C18H18FN5O2/c1-5-13(19)7-17(20-4)24-18(25)16-8-14(6-11(2)23-16)26-15-9-21-12(3)22-10-15/h5-10H,4H2,1-3H3,(H,24,25). The van der Waals surface area contributed by atoms with E-state index in [9.17, 15) is 9.18 Å². The number of ether oxygens (including phenoxy) is 1. The molecular formula is C18H18FN5O2. The lowest BCUT2D eigenvalue weighted by molar-refractivity contribution is 0.0960. The Bertz CT molecular complexity index is 876. The summed E-state index contributed by atoms with van der Waals surface area (Å²) in [6.07, 6.45) is 5.35. The minimum atomic E-state index is -0.568. The van der Waals surface area contributed by atoms with Gasteiger partial charge in [-0.15, -0.1) is 0 Å². The van der Waals surface area contributed by atoms with Gasteiger partial charge in [0.15, 0.2) is 5.75 Å². The molecule has 26 heavy (non-hydrogen) atoms. The topological polar surface area (TPSA) is 89.4 Å². The second-order valence-electron chi connectivity index (χ2n) is 5.21. The first-order chi connectivity index (χ1) is 12.4. The second kappa shape index (κ2) is 8.61. The van der Waals surface area contributed by atoms with Crippen LogP contribution in [0, 0.1) is 13.8 Å². The fourth-order valence-corrected chi connectivity index (χ4v) is 1.90. The summed E-state index contributed by atoms with van der Waals surface area (Å²) in [6, 6.07) is 3.12. The number of carbonyl (C=O) groups excluding carboxylic acids is 1. The summed E-state index contributed by atoms with van der Waals surface area (Å²) < 4.78 is 19.0. The third-order valence-electron chi connectivity index (χ3n) is 3.11. The van der Waals surface area contributed by atoms with Crippen LogP contribution < -0.4 is 10.1 Å². The molecule has 0 spiro atoms. The number of halogens is 1. The fraction of sp³-hybridized carbons (Fsp3) is 0.167. The van der Waals surface area contributed by atoms with Gasteiger partial charge in [0, 0.05) is 23.9 Å². The van der Waals surface area contributed by atoms with Gasteiger partial charge in [-0.25, -0.2) is 24.3 Å². The SMILES string of the molecule is C=NC(=CC(F)=CC)NC(=O)c1cc(Oc2cnc(C)nc2)cc(C)n1. The number of carbonyl (C=O) groups is 1. The van der Waals surface area contributed by atoms with Gasteiger partial charge < -0.3 is 10.1 Å². The van der Waals surface area contributed by atoms with Crippen molar-refractivity contribution in [3.63, 3.8) is 0 Å². The van der Waals surface area contributed by atoms with Gasteiger partial charge in [0.2, 0.25) is 0 Å². The van der Waals surface area contributed by atoms with Gasteiger partial charge >= 0.3 is 0 Å². The molecule has 0 atom stereocenters. The van der Waals surface area contributed by atoms with Crippen LogP contribution in [0.25, 0.3) is 0 Å². The zero-order valence-corrected chi connectivity index (χ0v) is 14.7. The average Bonchev–Trinajstić information content (AvgIpc) is 2.62. The van der Waals surface area contributed by atoms with Gasteiger partial charge in [-0.2, -0.15) is 0 Å². The van der Waals surface area contributed by atoms with Crippen LogP contribution in [-0.2, 0) is 0 Å². The van der Waals surface area contributed by atoms with Crippen molar-refractivity contribution in [1.29, 1.82) is 0 Å². The van der Waals surface area contributed by atoms with Crippen molar-refractivity contribution >= 4 is 12.6 Å². The van der Waals surface area contributed by atoms with Gasteiger partial charge in [-0.05, 0) is 27.5 Å². The van der Waals surface area contributed by atoms with Crippen LogP contribution in [0.2, 0.25) is 0 Å². The van der Waals surface area contributed by atoms with E-state index in [0.29, 0.717) is 23.0 Å². The summed E-state index contributed by atoms with van der Waals surface area (Å²) >= 11 is 0. The first kappa shape index (κ1) is 18.9. The largest absolute Gasteiger partial charge is 0.454 e. The molecule has 7 nitrogen and oxygen atoms in total. The number of pyridine rings is 1. The Morgan fingerprint density at radius 3 is 2.58 bits per heavy atom. The lowest BCUT2D eigenvalue weighted by Crippen LogP contribution is -2.23. The highest BCUT2D eigenvalue weighted by molar-refractivity contribution is 5.94. The number of nitrogens with zero attached hydrogens (tertiary/aromatic N) is 4. The van der Waals surface area contributed by atoms with E-state index in [1.165, 1.54) is 31.5 Å². The molecule has 0 aromatic carbocycles. The van der Waals surface area contributed by atoms with Crippen LogP contribution in [0.15, 0.2) is 53.3 Å². The molecule has 1 amide bonds. The average molecular weight is 355 g/mol. The number of hydrogen-bond acceptors (Lipinski definition) is 6. The smallest absolute Gasteiger partial charge is 0.275 e. The van der Waals surface area contributed by atoms with E-state index >= 15 is 0 Å². The number of aromatic nitrogens is 3. The van der Waals surface area contributed by atoms with Crippen LogP contribution in [-0.4, -0.2) is 27.6 Å². The Labute approximate surface area is 150 Å². The predicted octanol–water partition coefficient (Wildman–Crippen LogP) is 3.43. The summed E-state index contributed by atoms with van der Waals surface area (Å²) in [6.45, 7) is 8.31. The minimum Gasteiger partial charge on any atom is -0.454 e. The third kappa shape index (κ3) is 5.30. The zero-order chi connectivity index (χ0) is 19.1. The molecule has 0 saturated carbocycles. The highest BCUT2D eigenvalue weighted by Crippen LogP contribution is 2.21. The van der Waals surface area contributed by atoms with E-state index in [1.807, 2.05) is 0 Å². The molecule has 1 N–H and O–H groups in total. The maximum Gasteiger partial charge on any atom is 0.275 e. The quantitative estimate of drug-likeness (QED) is 0.633. The number of aliphatic imine (C=N–C) groups is 1. The van der Waals surface area contributed by atoms with Crippen LogP contribution in [0.3, 0.4) is 0 Å². The van der Waals surface area contributed by atoms with Crippen molar-refractivity contribution in [1.82, 2.24) is 20.3 Å². The monoisotopic (exact) mass is 355 g/mol. The number of aryl methyl sites for hydroxylation is 2. The first-order valence-electron chi connectivity index (χ1n) is 7.68. The molecule has 8 heteroatoms. The molecule has 2 rings (SSSR count). The predicted molar refractivity (Wildman–Crippen MR) is 95.8 cm³/mol. The summed E-state index contributed by atoms with van der Waals surface area (Å²) in [5.41, 5.74) is 0.654. The van der Waals surface area contributed by atoms with Crippen molar-refractivity contribution in [2.75, 3.05) is 0 Å². The van der Waals surface area contributed by atoms with Crippen LogP contribution >= 0.6 is 0 Å². The summed E-state index contributed by atoms with van der Waals surface area (Å²) in [4.78, 5) is 28.2. The molecule has 0 bridgehead atoms. The lowest BCUT2D eigenvalue weighted by atomic mass is 10.2. The van der Waals surface area contributed by atoms with E-state index in [2.05, 4.69) is 32.0 Å². The molecule has 0 unspecified atom stereocenters. The number of allylic oxidation sites excluding steroid dienone is 3. The Balaban J connectivity index is 2.22. The lowest BCUT2D eigenvalue weighted by Gasteiger charge is -2.09. The molecule has 0 saturated heterocycles. The first-order valence-corrected chi connectivity index (χ1v) is 7.68. The Morgan fingerprint density at radius 2 is 1.96 bits per heavy atom. The highest BCUT2D eigenvalue weighted by atomic mass is 19.1. The molecule has 2 heterocycles. The molecule has 0 aliphatic carbocycles. The molecule has 0 aliphatic heterocycles. The molecule has 2 aromatic rings. The molecule has 0 fully saturated rings. The maximum absolute atomic E-state index is 13.3. The van der Waals surface area contributed by atoms with Crippen molar-refractivity contribution < 1.29 is 13.9 Å². The molecular weight excluding hydrogens is 337 g/mol. The Hall–Kier alpha value is -3.42. The van der Waals surface area contributed by atoms with E-state index in [-0.39, 0.29) is 11.5 Å². The zero-order valence-electron chi connectivity index (χ0n) is 14.7. The number of rotatable bonds is 6. The van der Waals surface area contributed by atoms with Gasteiger partial charge in [-0.1, -0.05) is 6.08 Å². The van der Waals surface area contributed by atoms with E-state index in [0.717, 1.165) is 6.08 Å². The number of amides is 1. The van der Waals surface area contributed by atoms with Crippen molar-refractivity contribution in [3.05, 3.63) is 65.5 Å². The summed E-state index contributed by atoms with van der Waals surface area (Å²) in [5.74, 6) is 0.300. The Morgan fingerprint density at radius 1 is 1.27 bits per heavy atom. The molecule has 0 radical (unpaired) electrons. The van der Waals surface area contributed by atoms with E-state index < -0.39 is 11.7 Å². The van der Waals surface area contributed by atoms with Gasteiger partial charge in [0.05, 0.1) is 12.4 Å². The fourth-order valence-electron chi connectivity index (χ4n) is 1.90. The number of hydrogen-bond donors (Lipinski definition) is 1. The normalized spacial score (nSPS) is 11.8. The van der Waals surface area contributed by atoms with Gasteiger partial charge in [-0.3, -0.25) is 4.79 Å². The van der Waals surface area contributed by atoms with Crippen molar-refractivity contribution in [3.8, 4) is 11.5 Å². The van der Waals surface area contributed by atoms with Crippen molar-refractivity contribution in [2.24, 2.45) is 4.99 Å². The van der Waals surface area contributed by atoms with E-state index in [4.69, 9.17) is 4.74 Å². The molecule has 134 valence electrons. The minimum absolute atomic E-state index is 0.0247. The van der Waals surface area contributed by atoms with Crippen LogP contribution in [0.4, 0.5) is 4.39 Å². The molecule has 2 aromatic heterocycles. The van der Waals surface area contributed by atoms with Crippen LogP contribution in [0.5, 0.6) is 11.5 Å². The number of nitrogens with one attached hydrogen (secondary N) is 1. The van der Waals surface area contributed by atoms with Crippen LogP contribution in [0.1, 0.15) is 28.9 Å². The Kier molecular flexibility index (Phi) is 6.26. The maximum atomic E-state index is 13.3. The highest BCUT2D eigenvalue weighted by Gasteiger charge is 2.12. The second-order valence-corrected chi connectivity index (χ2v) is 5.21. The van der Waals surface area contributed by atoms with E-state index in [1.54, 1.807) is 19.9 Å². The van der Waals surface area contributed by atoms with Gasteiger partial charge in [0.1, 0.15) is 28.9 Å². The van der Waals surface area contributed by atoms with Gasteiger partial charge in [0.25, 0.3) is 5.91 Å². The summed E-state index contributed by atoms with van der Waals surface area (Å²) in [5, 5.41) is 2.44. The molecule has 0 aliphatic rings. The summed E-state index contributed by atoms with van der Waals surface area (Å²) in [7, 11) is 0.